The van der Waals surface area contributed by atoms with Crippen LogP contribution in [0.25, 0.3) is 0 Å². The Labute approximate surface area is 206 Å². The van der Waals surface area contributed by atoms with Crippen molar-refractivity contribution < 1.29 is 8.42 Å². The number of nitrogens with zero attached hydrogens (tertiary/aromatic N) is 3. The molecule has 3 rings (SSSR count). The molecule has 8 nitrogen and oxygen atoms in total. The number of hydrogen-bond donors (Lipinski definition) is 1. The molecule has 0 atom stereocenters. The third-order valence-electron chi connectivity index (χ3n) is 6.05. The minimum Gasteiger partial charge on any atom is -0.303 e. The number of anilines is 1. The van der Waals surface area contributed by atoms with Gasteiger partial charge in [-0.3, -0.25) is 14.1 Å². The summed E-state index contributed by atoms with van der Waals surface area (Å²) in [5, 5.41) is 0. The highest BCUT2D eigenvalue weighted by Gasteiger charge is 2.13. The van der Waals surface area contributed by atoms with Gasteiger partial charge in [0.1, 0.15) is 0 Å². The maximum atomic E-state index is 12.5. The van der Waals surface area contributed by atoms with E-state index in [0.717, 1.165) is 54.7 Å². The molecule has 2 aromatic carbocycles. The van der Waals surface area contributed by atoms with Crippen LogP contribution in [0.4, 0.5) is 5.69 Å². The Morgan fingerprint density at radius 1 is 0.857 bits per heavy atom. The summed E-state index contributed by atoms with van der Waals surface area (Å²) < 4.78 is 30.3. The molecule has 3 aromatic rings. The molecule has 1 heterocycles. The quantitative estimate of drug-likeness (QED) is 0.415. The van der Waals surface area contributed by atoms with E-state index in [9.17, 15) is 18.0 Å². The fourth-order valence-electron chi connectivity index (χ4n) is 3.99. The van der Waals surface area contributed by atoms with E-state index >= 15 is 0 Å². The zero-order valence-corrected chi connectivity index (χ0v) is 21.4. The Morgan fingerprint density at radius 3 is 2.20 bits per heavy atom. The van der Waals surface area contributed by atoms with Crippen LogP contribution in [0.2, 0.25) is 0 Å². The molecule has 188 valence electrons. The van der Waals surface area contributed by atoms with Gasteiger partial charge in [-0.2, -0.15) is 0 Å². The van der Waals surface area contributed by atoms with Crippen LogP contribution < -0.4 is 16.0 Å². The topological polar surface area (TPSA) is 93.4 Å². The van der Waals surface area contributed by atoms with Crippen LogP contribution in [0.5, 0.6) is 0 Å². The highest BCUT2D eigenvalue weighted by Crippen LogP contribution is 2.17. The van der Waals surface area contributed by atoms with Crippen LogP contribution >= 0.6 is 0 Å². The minimum atomic E-state index is -3.60. The summed E-state index contributed by atoms with van der Waals surface area (Å²) >= 11 is 0. The lowest BCUT2D eigenvalue weighted by molar-refractivity contribution is 0.273. The predicted octanol–water partition coefficient (Wildman–Crippen LogP) is 2.77. The second-order valence-electron chi connectivity index (χ2n) is 8.69. The fourth-order valence-corrected chi connectivity index (χ4v) is 5.07. The molecule has 1 aromatic heterocycles. The maximum absolute atomic E-state index is 12.5. The predicted molar refractivity (Wildman–Crippen MR) is 139 cm³/mol. The van der Waals surface area contributed by atoms with Crippen molar-refractivity contribution in [1.82, 2.24) is 14.0 Å². The first-order chi connectivity index (χ1) is 16.7. The molecule has 0 bridgehead atoms. The molecule has 0 spiro atoms. The normalized spacial score (nSPS) is 11.7. The zero-order valence-electron chi connectivity index (χ0n) is 20.6. The first-order valence-corrected chi connectivity index (χ1v) is 13.3. The van der Waals surface area contributed by atoms with Crippen molar-refractivity contribution >= 4 is 15.7 Å². The number of hydrogen-bond acceptors (Lipinski definition) is 5. The molecule has 0 saturated heterocycles. The van der Waals surface area contributed by atoms with E-state index in [1.165, 1.54) is 7.05 Å². The van der Waals surface area contributed by atoms with Crippen LogP contribution in [0, 0.1) is 0 Å². The van der Waals surface area contributed by atoms with E-state index in [2.05, 4.69) is 16.5 Å². The van der Waals surface area contributed by atoms with E-state index < -0.39 is 10.0 Å². The molecule has 0 saturated carbocycles. The largest absolute Gasteiger partial charge is 0.330 e. The Morgan fingerprint density at radius 2 is 1.54 bits per heavy atom. The Kier molecular flexibility index (Phi) is 9.06. The molecule has 0 amide bonds. The molecule has 9 heteroatoms. The summed E-state index contributed by atoms with van der Waals surface area (Å²) in [5.41, 5.74) is 1.84. The molecule has 0 aliphatic heterocycles. The van der Waals surface area contributed by atoms with Gasteiger partial charge in [0, 0.05) is 38.1 Å². The van der Waals surface area contributed by atoms with Gasteiger partial charge >= 0.3 is 5.69 Å². The number of rotatable bonds is 12. The van der Waals surface area contributed by atoms with E-state index in [4.69, 9.17) is 0 Å². The van der Waals surface area contributed by atoms with Crippen molar-refractivity contribution in [3.63, 3.8) is 0 Å². The third kappa shape index (κ3) is 7.16. The molecule has 0 radical (unpaired) electrons. The molecule has 0 fully saturated rings. The van der Waals surface area contributed by atoms with Gasteiger partial charge in [0.2, 0.25) is 0 Å². The van der Waals surface area contributed by atoms with Crippen LogP contribution in [0.1, 0.15) is 31.0 Å². The van der Waals surface area contributed by atoms with Crippen molar-refractivity contribution in [1.29, 1.82) is 0 Å². The summed E-state index contributed by atoms with van der Waals surface area (Å²) in [6, 6.07) is 17.3. The number of nitrogens with one attached hydrogen (secondary N) is 1. The van der Waals surface area contributed by atoms with E-state index in [1.807, 2.05) is 12.1 Å². The van der Waals surface area contributed by atoms with Crippen molar-refractivity contribution in [2.75, 3.05) is 24.4 Å². The van der Waals surface area contributed by atoms with Crippen molar-refractivity contribution in [2.24, 2.45) is 14.1 Å². The third-order valence-corrected chi connectivity index (χ3v) is 7.45. The Bertz CT molecular complexity index is 1330. The number of sulfonamides is 1. The second-order valence-corrected chi connectivity index (χ2v) is 10.4. The molecular formula is C26H34N4O4S. The lowest BCUT2D eigenvalue weighted by Gasteiger charge is -2.22. The highest BCUT2D eigenvalue weighted by molar-refractivity contribution is 7.92. The van der Waals surface area contributed by atoms with Gasteiger partial charge in [-0.15, -0.1) is 0 Å². The maximum Gasteiger partial charge on any atom is 0.330 e. The highest BCUT2D eigenvalue weighted by atomic mass is 32.2. The van der Waals surface area contributed by atoms with E-state index in [-0.39, 0.29) is 16.1 Å². The average Bonchev–Trinajstić information content (AvgIpc) is 2.85. The van der Waals surface area contributed by atoms with Crippen LogP contribution in [0.3, 0.4) is 0 Å². The van der Waals surface area contributed by atoms with E-state index in [0.29, 0.717) is 12.1 Å². The summed E-state index contributed by atoms with van der Waals surface area (Å²) in [6.45, 7) is 4.85. The van der Waals surface area contributed by atoms with Gasteiger partial charge in [-0.05, 0) is 68.6 Å². The van der Waals surface area contributed by atoms with Gasteiger partial charge in [0.05, 0.1) is 4.90 Å². The van der Waals surface area contributed by atoms with Gasteiger partial charge in [0.15, 0.2) is 0 Å². The van der Waals surface area contributed by atoms with Crippen LogP contribution in [0.15, 0.2) is 75.1 Å². The van der Waals surface area contributed by atoms with E-state index in [1.54, 1.807) is 60.1 Å². The van der Waals surface area contributed by atoms with Crippen molar-refractivity contribution in [3.05, 3.63) is 92.8 Å². The molecule has 0 aliphatic rings. The summed E-state index contributed by atoms with van der Waals surface area (Å²) in [7, 11) is -0.417. The lowest BCUT2D eigenvalue weighted by atomic mass is 10.1. The molecule has 1 N–H and O–H groups in total. The smallest absolute Gasteiger partial charge is 0.303 e. The lowest BCUT2D eigenvalue weighted by Crippen LogP contribution is -2.38. The number of aromatic nitrogens is 2. The van der Waals surface area contributed by atoms with Gasteiger partial charge < -0.3 is 9.47 Å². The minimum absolute atomic E-state index is 0.232. The van der Waals surface area contributed by atoms with Crippen molar-refractivity contribution in [3.8, 4) is 0 Å². The zero-order chi connectivity index (χ0) is 25.4. The Balaban J connectivity index is 1.54. The first kappa shape index (κ1) is 26.4. The molecular weight excluding hydrogens is 464 g/mol. The number of benzene rings is 2. The second kappa shape index (κ2) is 12.0. The average molecular weight is 499 g/mol. The van der Waals surface area contributed by atoms with Gasteiger partial charge in [0.25, 0.3) is 15.6 Å². The van der Waals surface area contributed by atoms with Crippen molar-refractivity contribution in [2.45, 2.75) is 37.5 Å². The molecule has 0 unspecified atom stereocenters. The van der Waals surface area contributed by atoms with Gasteiger partial charge in [-0.25, -0.2) is 13.2 Å². The standard InChI is InChI=1S/C26H34N4O4S/c1-4-17-30(18-8-9-23-20-25(31)29(3)26(32)28(23)2)19-16-21-12-14-22(15-13-21)27-35(33,34)24-10-6-5-7-11-24/h5-7,10-15,20,27H,4,8-9,16-19H2,1-3H3. The molecule has 0 aliphatic carbocycles. The van der Waals surface area contributed by atoms with Crippen LogP contribution in [-0.4, -0.2) is 42.1 Å². The SMILES string of the molecule is CCCN(CCCc1cc(=O)n(C)c(=O)n1C)CCc1ccc(NS(=O)(=O)c2ccccc2)cc1. The monoisotopic (exact) mass is 498 g/mol. The first-order valence-electron chi connectivity index (χ1n) is 11.9. The summed E-state index contributed by atoms with van der Waals surface area (Å²) in [5.74, 6) is 0. The summed E-state index contributed by atoms with van der Waals surface area (Å²) in [4.78, 5) is 26.7. The Hall–Kier alpha value is -3.17. The number of aryl methyl sites for hydroxylation is 1. The fraction of sp³-hybridized carbons (Fsp3) is 0.385. The van der Waals surface area contributed by atoms with Crippen LogP contribution in [-0.2, 0) is 37.0 Å². The van der Waals surface area contributed by atoms with Gasteiger partial charge in [-0.1, -0.05) is 37.3 Å². The summed E-state index contributed by atoms with van der Waals surface area (Å²) in [6.07, 6.45) is 3.39. The molecule has 35 heavy (non-hydrogen) atoms.